The van der Waals surface area contributed by atoms with Crippen LogP contribution >= 0.6 is 0 Å². The molecule has 3 heteroatoms. The zero-order valence-corrected chi connectivity index (χ0v) is 11.7. The van der Waals surface area contributed by atoms with Crippen LogP contribution in [0.4, 0.5) is 0 Å². The number of benzene rings is 1. The number of carboxylic acids is 1. The molecule has 1 aromatic heterocycles. The Morgan fingerprint density at radius 1 is 1.15 bits per heavy atom. The number of para-hydroxylation sites is 1. The van der Waals surface area contributed by atoms with E-state index in [1.54, 1.807) is 0 Å². The van der Waals surface area contributed by atoms with E-state index in [4.69, 9.17) is 0 Å². The van der Waals surface area contributed by atoms with E-state index in [2.05, 4.69) is 0 Å². The van der Waals surface area contributed by atoms with Gasteiger partial charge in [-0.05, 0) is 12.8 Å². The van der Waals surface area contributed by atoms with Gasteiger partial charge in [0.1, 0.15) is 0 Å². The molecular formula is C17H20NO2+. The molecule has 0 radical (unpaired) electrons. The molecule has 20 heavy (non-hydrogen) atoms. The first-order chi connectivity index (χ1) is 9.72. The number of carbonyl (C=O) groups is 1. The van der Waals surface area contributed by atoms with Crippen LogP contribution in [0.25, 0.3) is 5.69 Å². The second kappa shape index (κ2) is 6.85. The molecule has 2 aromatic rings. The molecule has 0 amide bonds. The van der Waals surface area contributed by atoms with Gasteiger partial charge in [-0.1, -0.05) is 37.6 Å². The fourth-order valence-corrected chi connectivity index (χ4v) is 2.42. The Morgan fingerprint density at radius 3 is 2.50 bits per heavy atom. The van der Waals surface area contributed by atoms with E-state index in [-0.39, 0.29) is 5.92 Å². The third-order valence-electron chi connectivity index (χ3n) is 3.44. The average molecular weight is 270 g/mol. The van der Waals surface area contributed by atoms with Crippen LogP contribution < -0.4 is 4.57 Å². The number of aromatic nitrogens is 1. The minimum Gasteiger partial charge on any atom is -0.481 e. The van der Waals surface area contributed by atoms with Crippen LogP contribution in [0, 0.1) is 5.92 Å². The van der Waals surface area contributed by atoms with E-state index in [1.165, 1.54) is 0 Å². The van der Waals surface area contributed by atoms with E-state index in [0.717, 1.165) is 17.7 Å². The predicted octanol–water partition coefficient (Wildman–Crippen LogP) is 3.01. The highest BCUT2D eigenvalue weighted by Gasteiger charge is 2.21. The number of hydrogen-bond acceptors (Lipinski definition) is 1. The van der Waals surface area contributed by atoms with Gasteiger partial charge in [-0.25, -0.2) is 0 Å². The molecule has 0 bridgehead atoms. The molecule has 0 saturated carbocycles. The summed E-state index contributed by atoms with van der Waals surface area (Å²) in [4.78, 5) is 11.3. The van der Waals surface area contributed by atoms with E-state index in [9.17, 15) is 9.90 Å². The van der Waals surface area contributed by atoms with Crippen LogP contribution in [0.2, 0.25) is 0 Å². The molecule has 0 fully saturated rings. The van der Waals surface area contributed by atoms with Gasteiger partial charge in [0.2, 0.25) is 5.69 Å². The number of rotatable bonds is 6. The lowest BCUT2D eigenvalue weighted by molar-refractivity contribution is -0.596. The average Bonchev–Trinajstić information content (AvgIpc) is 2.48. The van der Waals surface area contributed by atoms with Crippen molar-refractivity contribution >= 4 is 5.97 Å². The fraction of sp³-hybridized carbons (Fsp3) is 0.294. The molecule has 1 aromatic carbocycles. The summed E-state index contributed by atoms with van der Waals surface area (Å²) in [5.41, 5.74) is 2.13. The summed E-state index contributed by atoms with van der Waals surface area (Å²) in [6.07, 6.45) is 6.13. The van der Waals surface area contributed by atoms with Gasteiger partial charge in [-0.3, -0.25) is 4.79 Å². The summed E-state index contributed by atoms with van der Waals surface area (Å²) >= 11 is 0. The van der Waals surface area contributed by atoms with Crippen LogP contribution in [0.3, 0.4) is 0 Å². The third kappa shape index (κ3) is 3.44. The SMILES string of the molecule is CCCC(Cc1ccccc1-[n+]1ccccc1)C(=O)O. The smallest absolute Gasteiger partial charge is 0.306 e. The number of carboxylic acid groups (broad SMARTS) is 1. The van der Waals surface area contributed by atoms with Crippen LogP contribution in [0.5, 0.6) is 0 Å². The zero-order valence-electron chi connectivity index (χ0n) is 11.7. The Bertz CT molecular complexity index is 566. The van der Waals surface area contributed by atoms with Crippen molar-refractivity contribution in [3.05, 3.63) is 60.4 Å². The Balaban J connectivity index is 2.31. The molecule has 0 aliphatic rings. The molecule has 1 atom stereocenters. The monoisotopic (exact) mass is 270 g/mol. The van der Waals surface area contributed by atoms with Crippen molar-refractivity contribution in [2.45, 2.75) is 26.2 Å². The number of hydrogen-bond donors (Lipinski definition) is 1. The maximum absolute atomic E-state index is 11.3. The van der Waals surface area contributed by atoms with Gasteiger partial charge >= 0.3 is 5.97 Å². The summed E-state index contributed by atoms with van der Waals surface area (Å²) in [7, 11) is 0. The standard InChI is InChI=1S/C17H19NO2/c1-2-8-15(17(19)20)13-14-9-4-5-10-16(14)18-11-6-3-7-12-18/h3-7,9-12,15H,2,8,13H2,1H3/p+1. The molecule has 2 rings (SSSR count). The first kappa shape index (κ1) is 14.3. The molecule has 104 valence electrons. The highest BCUT2D eigenvalue weighted by Crippen LogP contribution is 2.18. The van der Waals surface area contributed by atoms with Gasteiger partial charge in [-0.2, -0.15) is 4.57 Å². The van der Waals surface area contributed by atoms with Crippen LogP contribution in [0.15, 0.2) is 54.9 Å². The lowest BCUT2D eigenvalue weighted by Gasteiger charge is -2.12. The normalized spacial score (nSPS) is 12.1. The van der Waals surface area contributed by atoms with E-state index in [0.29, 0.717) is 12.8 Å². The zero-order chi connectivity index (χ0) is 14.4. The van der Waals surface area contributed by atoms with Crippen LogP contribution in [0.1, 0.15) is 25.3 Å². The number of pyridine rings is 1. The van der Waals surface area contributed by atoms with Gasteiger partial charge in [0, 0.05) is 23.8 Å². The molecule has 0 aliphatic heterocycles. The molecule has 0 aliphatic carbocycles. The molecular weight excluding hydrogens is 250 g/mol. The first-order valence-electron chi connectivity index (χ1n) is 6.99. The maximum atomic E-state index is 11.3. The summed E-state index contributed by atoms with van der Waals surface area (Å²) in [5, 5.41) is 9.32. The summed E-state index contributed by atoms with van der Waals surface area (Å²) in [6.45, 7) is 2.02. The van der Waals surface area contributed by atoms with Gasteiger partial charge in [-0.15, -0.1) is 0 Å². The summed E-state index contributed by atoms with van der Waals surface area (Å²) < 4.78 is 2.03. The van der Waals surface area contributed by atoms with Crippen LogP contribution in [-0.4, -0.2) is 11.1 Å². The van der Waals surface area contributed by atoms with Crippen molar-refractivity contribution in [3.63, 3.8) is 0 Å². The van der Waals surface area contributed by atoms with Crippen molar-refractivity contribution in [1.29, 1.82) is 0 Å². The Labute approximate surface area is 119 Å². The second-order valence-electron chi connectivity index (χ2n) is 4.94. The quantitative estimate of drug-likeness (QED) is 0.820. The third-order valence-corrected chi connectivity index (χ3v) is 3.44. The largest absolute Gasteiger partial charge is 0.481 e. The van der Waals surface area contributed by atoms with Crippen molar-refractivity contribution < 1.29 is 14.5 Å². The minimum atomic E-state index is -0.709. The predicted molar refractivity (Wildman–Crippen MR) is 77.7 cm³/mol. The molecule has 3 nitrogen and oxygen atoms in total. The Hall–Kier alpha value is -2.16. The summed E-state index contributed by atoms with van der Waals surface area (Å²) in [5.74, 6) is -1.02. The van der Waals surface area contributed by atoms with Gasteiger partial charge < -0.3 is 5.11 Å². The highest BCUT2D eigenvalue weighted by atomic mass is 16.4. The number of aliphatic carboxylic acids is 1. The van der Waals surface area contributed by atoms with E-state index in [1.807, 2.05) is 66.3 Å². The van der Waals surface area contributed by atoms with Gasteiger partial charge in [0.25, 0.3) is 0 Å². The Kier molecular flexibility index (Phi) is 4.88. The van der Waals surface area contributed by atoms with E-state index < -0.39 is 5.97 Å². The summed E-state index contributed by atoms with van der Waals surface area (Å²) in [6, 6.07) is 13.9. The van der Waals surface area contributed by atoms with Crippen LogP contribution in [-0.2, 0) is 11.2 Å². The lowest BCUT2D eigenvalue weighted by atomic mass is 9.94. The Morgan fingerprint density at radius 2 is 1.85 bits per heavy atom. The molecule has 1 heterocycles. The van der Waals surface area contributed by atoms with Gasteiger partial charge in [0.05, 0.1) is 5.92 Å². The fourth-order valence-electron chi connectivity index (χ4n) is 2.42. The highest BCUT2D eigenvalue weighted by molar-refractivity contribution is 5.70. The van der Waals surface area contributed by atoms with Crippen molar-refractivity contribution in [1.82, 2.24) is 0 Å². The lowest BCUT2D eigenvalue weighted by Crippen LogP contribution is -2.31. The molecule has 1 unspecified atom stereocenters. The molecule has 0 spiro atoms. The van der Waals surface area contributed by atoms with Crippen molar-refractivity contribution in [2.75, 3.05) is 0 Å². The molecule has 1 N–H and O–H groups in total. The van der Waals surface area contributed by atoms with E-state index >= 15 is 0 Å². The first-order valence-corrected chi connectivity index (χ1v) is 6.99. The topological polar surface area (TPSA) is 41.2 Å². The van der Waals surface area contributed by atoms with Crippen molar-refractivity contribution in [2.24, 2.45) is 5.92 Å². The second-order valence-corrected chi connectivity index (χ2v) is 4.94. The van der Waals surface area contributed by atoms with Gasteiger partial charge in [0.15, 0.2) is 12.4 Å². The minimum absolute atomic E-state index is 0.314. The number of nitrogens with zero attached hydrogens (tertiary/aromatic N) is 1. The molecule has 0 saturated heterocycles. The van der Waals surface area contributed by atoms with Crippen molar-refractivity contribution in [3.8, 4) is 5.69 Å². The maximum Gasteiger partial charge on any atom is 0.306 e.